The van der Waals surface area contributed by atoms with Crippen molar-refractivity contribution in [2.75, 3.05) is 50.7 Å². The second-order valence-corrected chi connectivity index (χ2v) is 7.40. The van der Waals surface area contributed by atoms with Crippen LogP contribution in [0.15, 0.2) is 37.2 Å². The molecule has 0 N–H and O–H groups in total. The van der Waals surface area contributed by atoms with E-state index in [1.54, 1.807) is 12.4 Å². The molecule has 0 aliphatic carbocycles. The molecule has 0 unspecified atom stereocenters. The Balaban J connectivity index is 1.19. The number of imidazole rings is 1. The van der Waals surface area contributed by atoms with Gasteiger partial charge in [-0.15, -0.1) is 0 Å². The van der Waals surface area contributed by atoms with Crippen LogP contribution in [0.4, 0.5) is 5.95 Å². The van der Waals surface area contributed by atoms with E-state index in [1.165, 1.54) is 0 Å². The van der Waals surface area contributed by atoms with E-state index in [9.17, 15) is 4.79 Å². The second-order valence-electron chi connectivity index (χ2n) is 7.40. The van der Waals surface area contributed by atoms with E-state index in [2.05, 4.69) is 29.3 Å². The number of amides is 1. The number of likely N-dealkylation sites (tertiary alicyclic amines) is 1. The largest absolute Gasteiger partial charge is 0.342 e. The van der Waals surface area contributed by atoms with E-state index in [0.29, 0.717) is 12.5 Å². The number of rotatable bonds is 5. The fourth-order valence-corrected chi connectivity index (χ4v) is 3.91. The highest BCUT2D eigenvalue weighted by Crippen LogP contribution is 2.19. The summed E-state index contributed by atoms with van der Waals surface area (Å²) in [4.78, 5) is 31.9. The zero-order chi connectivity index (χ0) is 18.5. The summed E-state index contributed by atoms with van der Waals surface area (Å²) in [6.07, 6.45) is 11.4. The number of hydrogen-bond acceptors (Lipinski definition) is 6. The monoisotopic (exact) mass is 369 g/mol. The molecule has 2 aliphatic rings. The molecule has 4 rings (SSSR count). The fraction of sp³-hybridized carbons (Fsp3) is 0.579. The van der Waals surface area contributed by atoms with Gasteiger partial charge in [-0.25, -0.2) is 15.0 Å². The number of piperazine rings is 1. The number of hydrogen-bond donors (Lipinski definition) is 0. The summed E-state index contributed by atoms with van der Waals surface area (Å²) in [5.41, 5.74) is 0. The van der Waals surface area contributed by atoms with Gasteiger partial charge in [0.15, 0.2) is 0 Å². The quantitative estimate of drug-likeness (QED) is 0.774. The molecule has 0 aromatic carbocycles. The normalized spacial score (nSPS) is 19.4. The van der Waals surface area contributed by atoms with Crippen molar-refractivity contribution in [3.63, 3.8) is 0 Å². The van der Waals surface area contributed by atoms with E-state index >= 15 is 0 Å². The highest BCUT2D eigenvalue weighted by Gasteiger charge is 2.26. The second kappa shape index (κ2) is 8.47. The molecule has 0 spiro atoms. The van der Waals surface area contributed by atoms with Gasteiger partial charge < -0.3 is 14.4 Å². The van der Waals surface area contributed by atoms with Crippen molar-refractivity contribution in [2.24, 2.45) is 5.92 Å². The predicted molar refractivity (Wildman–Crippen MR) is 102 cm³/mol. The molecule has 2 saturated heterocycles. The third kappa shape index (κ3) is 4.63. The van der Waals surface area contributed by atoms with Gasteiger partial charge >= 0.3 is 0 Å². The highest BCUT2D eigenvalue weighted by molar-refractivity contribution is 5.78. The zero-order valence-electron chi connectivity index (χ0n) is 15.7. The number of aromatic nitrogens is 4. The molecule has 8 nitrogen and oxygen atoms in total. The van der Waals surface area contributed by atoms with Crippen molar-refractivity contribution >= 4 is 11.9 Å². The number of anilines is 1. The maximum atomic E-state index is 12.7. The Bertz CT molecular complexity index is 705. The molecule has 0 radical (unpaired) electrons. The summed E-state index contributed by atoms with van der Waals surface area (Å²) in [6.45, 7) is 6.75. The molecule has 0 saturated carbocycles. The molecule has 2 aliphatic heterocycles. The van der Waals surface area contributed by atoms with Crippen LogP contribution < -0.4 is 4.90 Å². The Morgan fingerprint density at radius 1 is 1.00 bits per heavy atom. The van der Waals surface area contributed by atoms with Crippen LogP contribution in [0.1, 0.15) is 12.8 Å². The first kappa shape index (κ1) is 17.9. The molecule has 1 amide bonds. The first-order chi connectivity index (χ1) is 13.3. The Hall–Kier alpha value is -2.48. The lowest BCUT2D eigenvalue weighted by molar-refractivity contribution is -0.134. The SMILES string of the molecule is O=C(CN1CCN(c2ncccn2)CC1)N1CCC(Cn2ccnc2)CC1. The summed E-state index contributed by atoms with van der Waals surface area (Å²) in [5, 5.41) is 0. The van der Waals surface area contributed by atoms with E-state index < -0.39 is 0 Å². The molecule has 2 aromatic heterocycles. The van der Waals surface area contributed by atoms with Crippen molar-refractivity contribution in [3.8, 4) is 0 Å². The first-order valence-corrected chi connectivity index (χ1v) is 9.76. The van der Waals surface area contributed by atoms with Gasteiger partial charge in [0.05, 0.1) is 12.9 Å². The summed E-state index contributed by atoms with van der Waals surface area (Å²) in [5.74, 6) is 1.68. The third-order valence-corrected chi connectivity index (χ3v) is 5.56. The molecule has 144 valence electrons. The molecule has 0 atom stereocenters. The summed E-state index contributed by atoms with van der Waals surface area (Å²) in [6, 6.07) is 1.83. The van der Waals surface area contributed by atoms with Crippen molar-refractivity contribution in [1.82, 2.24) is 29.3 Å². The fourth-order valence-electron chi connectivity index (χ4n) is 3.91. The molecular weight excluding hydrogens is 342 g/mol. The van der Waals surface area contributed by atoms with Crippen molar-refractivity contribution in [1.29, 1.82) is 0 Å². The van der Waals surface area contributed by atoms with Gasteiger partial charge in [-0.05, 0) is 24.8 Å². The predicted octanol–water partition coefficient (Wildman–Crippen LogP) is 0.734. The van der Waals surface area contributed by atoms with Crippen LogP contribution in [0.25, 0.3) is 0 Å². The topological polar surface area (TPSA) is 70.4 Å². The van der Waals surface area contributed by atoms with Gasteiger partial charge in [0, 0.05) is 70.6 Å². The van der Waals surface area contributed by atoms with E-state index in [4.69, 9.17) is 0 Å². The van der Waals surface area contributed by atoms with Crippen LogP contribution in [-0.2, 0) is 11.3 Å². The smallest absolute Gasteiger partial charge is 0.236 e. The first-order valence-electron chi connectivity index (χ1n) is 9.76. The van der Waals surface area contributed by atoms with Crippen LogP contribution in [0.2, 0.25) is 0 Å². The minimum Gasteiger partial charge on any atom is -0.342 e. The van der Waals surface area contributed by atoms with Gasteiger partial charge in [-0.2, -0.15) is 0 Å². The lowest BCUT2D eigenvalue weighted by atomic mass is 9.96. The summed E-state index contributed by atoms with van der Waals surface area (Å²) in [7, 11) is 0. The molecule has 4 heterocycles. The molecular formula is C19H27N7O. The van der Waals surface area contributed by atoms with E-state index in [-0.39, 0.29) is 5.91 Å². The number of nitrogens with zero attached hydrogens (tertiary/aromatic N) is 7. The highest BCUT2D eigenvalue weighted by atomic mass is 16.2. The maximum Gasteiger partial charge on any atom is 0.236 e. The number of carbonyl (C=O) groups is 1. The Kier molecular flexibility index (Phi) is 5.62. The molecule has 27 heavy (non-hydrogen) atoms. The van der Waals surface area contributed by atoms with E-state index in [0.717, 1.165) is 64.6 Å². The van der Waals surface area contributed by atoms with Gasteiger partial charge in [-0.3, -0.25) is 9.69 Å². The standard InChI is InChI=1S/C19H27N7O/c27-18(25-7-2-17(3-8-25)14-24-9-6-20-16-24)15-23-10-12-26(13-11-23)19-21-4-1-5-22-19/h1,4-6,9,16-17H,2-3,7-8,10-15H2. The minimum absolute atomic E-state index is 0.264. The maximum absolute atomic E-state index is 12.7. The molecule has 2 fully saturated rings. The minimum atomic E-state index is 0.264. The molecule has 0 bridgehead atoms. The van der Waals surface area contributed by atoms with Gasteiger partial charge in [-0.1, -0.05) is 0 Å². The van der Waals surface area contributed by atoms with Crippen molar-refractivity contribution in [3.05, 3.63) is 37.2 Å². The van der Waals surface area contributed by atoms with E-state index in [1.807, 2.05) is 29.7 Å². The number of carbonyl (C=O) groups excluding carboxylic acids is 1. The Morgan fingerprint density at radius 2 is 1.74 bits per heavy atom. The van der Waals surface area contributed by atoms with Gasteiger partial charge in [0.1, 0.15) is 0 Å². The number of piperidine rings is 1. The molecule has 2 aromatic rings. The van der Waals surface area contributed by atoms with Crippen LogP contribution >= 0.6 is 0 Å². The third-order valence-electron chi connectivity index (χ3n) is 5.56. The van der Waals surface area contributed by atoms with Crippen LogP contribution in [0.3, 0.4) is 0 Å². The van der Waals surface area contributed by atoms with Crippen molar-refractivity contribution in [2.45, 2.75) is 19.4 Å². The van der Waals surface area contributed by atoms with Gasteiger partial charge in [0.2, 0.25) is 11.9 Å². The van der Waals surface area contributed by atoms with Gasteiger partial charge in [0.25, 0.3) is 0 Å². The zero-order valence-corrected chi connectivity index (χ0v) is 15.7. The lowest BCUT2D eigenvalue weighted by Crippen LogP contribution is -2.51. The summed E-state index contributed by atoms with van der Waals surface area (Å²) >= 11 is 0. The Labute approximate surface area is 159 Å². The molecule has 8 heteroatoms. The van der Waals surface area contributed by atoms with Crippen LogP contribution in [0, 0.1) is 5.92 Å². The van der Waals surface area contributed by atoms with Crippen LogP contribution in [0.5, 0.6) is 0 Å². The lowest BCUT2D eigenvalue weighted by Gasteiger charge is -2.37. The average molecular weight is 369 g/mol. The Morgan fingerprint density at radius 3 is 2.41 bits per heavy atom. The average Bonchev–Trinajstić information content (AvgIpc) is 3.23. The summed E-state index contributed by atoms with van der Waals surface area (Å²) < 4.78 is 2.14. The van der Waals surface area contributed by atoms with Crippen LogP contribution in [-0.4, -0.2) is 81.0 Å². The van der Waals surface area contributed by atoms with Crippen molar-refractivity contribution < 1.29 is 4.79 Å².